The molecule has 1 aliphatic rings. The van der Waals surface area contributed by atoms with Crippen molar-refractivity contribution in [2.45, 2.75) is 58.7 Å². The van der Waals surface area contributed by atoms with E-state index in [2.05, 4.69) is 26.1 Å². The Balaban J connectivity index is 1.69. The maximum Gasteiger partial charge on any atom is 0.412 e. The molecule has 1 N–H and O–H groups in total. The lowest BCUT2D eigenvalue weighted by atomic mass is 9.92. The van der Waals surface area contributed by atoms with Gasteiger partial charge in [-0.25, -0.2) is 9.48 Å². The summed E-state index contributed by atoms with van der Waals surface area (Å²) in [6.45, 7) is 9.92. The van der Waals surface area contributed by atoms with Crippen molar-refractivity contribution in [2.75, 3.05) is 31.7 Å². The fourth-order valence-corrected chi connectivity index (χ4v) is 3.19. The average Bonchev–Trinajstić information content (AvgIpc) is 3.17. The first-order chi connectivity index (χ1) is 14.9. The van der Waals surface area contributed by atoms with Crippen LogP contribution in [0.5, 0.6) is 5.75 Å². The highest BCUT2D eigenvalue weighted by Crippen LogP contribution is 2.27. The minimum Gasteiger partial charge on any atom is -0.491 e. The maximum absolute atomic E-state index is 12.0. The Morgan fingerprint density at radius 3 is 2.81 bits per heavy atom. The lowest BCUT2D eigenvalue weighted by Crippen LogP contribution is -2.24. The van der Waals surface area contributed by atoms with E-state index in [1.165, 1.54) is 0 Å². The Labute approximate surface area is 183 Å². The zero-order chi connectivity index (χ0) is 22.3. The van der Waals surface area contributed by atoms with Crippen molar-refractivity contribution in [1.29, 1.82) is 0 Å². The summed E-state index contributed by atoms with van der Waals surface area (Å²) in [6.07, 6.45) is 2.52. The van der Waals surface area contributed by atoms with E-state index in [4.69, 9.17) is 24.0 Å². The summed E-state index contributed by atoms with van der Waals surface area (Å²) < 4.78 is 23.9. The highest BCUT2D eigenvalue weighted by atomic mass is 16.7. The van der Waals surface area contributed by atoms with Gasteiger partial charge in [0.05, 0.1) is 24.6 Å². The fraction of sp³-hybridized carbons (Fsp3) is 0.565. The summed E-state index contributed by atoms with van der Waals surface area (Å²) in [5.74, 6) is 1.24. The molecule has 0 bridgehead atoms. The van der Waals surface area contributed by atoms with E-state index in [-0.39, 0.29) is 11.7 Å². The van der Waals surface area contributed by atoms with Gasteiger partial charge in [-0.3, -0.25) is 5.32 Å². The van der Waals surface area contributed by atoms with Crippen molar-refractivity contribution in [2.24, 2.45) is 0 Å². The van der Waals surface area contributed by atoms with Gasteiger partial charge in [-0.15, -0.1) is 0 Å². The van der Waals surface area contributed by atoms with E-state index in [0.29, 0.717) is 31.4 Å². The molecule has 0 saturated carbocycles. The molecular weight excluding hydrogens is 398 g/mol. The number of amides is 1. The predicted molar refractivity (Wildman–Crippen MR) is 118 cm³/mol. The second-order valence-corrected chi connectivity index (χ2v) is 8.43. The number of benzene rings is 1. The first kappa shape index (κ1) is 23.1. The molecule has 0 spiro atoms. The van der Waals surface area contributed by atoms with Crippen LogP contribution in [0, 0.1) is 0 Å². The molecule has 0 radical (unpaired) electrons. The van der Waals surface area contributed by atoms with Crippen LogP contribution in [-0.4, -0.2) is 48.6 Å². The Kier molecular flexibility index (Phi) is 7.92. The number of carbonyl (C=O) groups excluding carboxylic acids is 1. The highest BCUT2D eigenvalue weighted by Gasteiger charge is 2.22. The van der Waals surface area contributed by atoms with Crippen molar-refractivity contribution < 1.29 is 23.7 Å². The summed E-state index contributed by atoms with van der Waals surface area (Å²) in [4.78, 5) is 12.0. The molecule has 2 aromatic rings. The Bertz CT molecular complexity index is 853. The number of carbonyl (C=O) groups is 1. The van der Waals surface area contributed by atoms with Gasteiger partial charge in [0.15, 0.2) is 6.29 Å². The first-order valence-corrected chi connectivity index (χ1v) is 10.9. The third kappa shape index (κ3) is 6.70. The molecule has 1 aromatic heterocycles. The molecule has 3 rings (SSSR count). The quantitative estimate of drug-likeness (QED) is 0.612. The van der Waals surface area contributed by atoms with Gasteiger partial charge in [0.1, 0.15) is 18.2 Å². The number of ether oxygens (including phenoxy) is 4. The molecule has 1 fully saturated rings. The van der Waals surface area contributed by atoms with Gasteiger partial charge in [-0.1, -0.05) is 26.8 Å². The zero-order valence-corrected chi connectivity index (χ0v) is 18.8. The third-order valence-corrected chi connectivity index (χ3v) is 4.84. The second-order valence-electron chi connectivity index (χ2n) is 8.43. The fourth-order valence-electron chi connectivity index (χ4n) is 3.19. The van der Waals surface area contributed by atoms with Crippen LogP contribution < -0.4 is 10.1 Å². The Morgan fingerprint density at radius 2 is 2.10 bits per heavy atom. The van der Waals surface area contributed by atoms with Crippen LogP contribution in [0.2, 0.25) is 0 Å². The largest absolute Gasteiger partial charge is 0.491 e. The van der Waals surface area contributed by atoms with Gasteiger partial charge in [0.2, 0.25) is 0 Å². The monoisotopic (exact) mass is 431 g/mol. The van der Waals surface area contributed by atoms with Crippen LogP contribution >= 0.6 is 0 Å². The predicted octanol–water partition coefficient (Wildman–Crippen LogP) is 4.66. The molecule has 8 heteroatoms. The summed E-state index contributed by atoms with van der Waals surface area (Å²) in [7, 11) is 0. The lowest BCUT2D eigenvalue weighted by Gasteiger charge is -2.22. The highest BCUT2D eigenvalue weighted by molar-refractivity contribution is 5.84. The molecule has 1 aliphatic heterocycles. The molecule has 1 atom stereocenters. The van der Waals surface area contributed by atoms with Crippen molar-refractivity contribution in [1.82, 2.24) is 9.78 Å². The van der Waals surface area contributed by atoms with Gasteiger partial charge in [-0.2, -0.15) is 5.10 Å². The van der Waals surface area contributed by atoms with E-state index in [1.807, 2.05) is 30.3 Å². The van der Waals surface area contributed by atoms with Gasteiger partial charge in [0, 0.05) is 24.2 Å². The number of nitrogens with zero attached hydrogens (tertiary/aromatic N) is 2. The number of nitrogens with one attached hydrogen (secondary N) is 1. The van der Waals surface area contributed by atoms with E-state index in [0.717, 1.165) is 37.3 Å². The first-order valence-electron chi connectivity index (χ1n) is 10.9. The van der Waals surface area contributed by atoms with Crippen LogP contribution in [-0.2, 0) is 19.6 Å². The molecule has 0 aliphatic carbocycles. The van der Waals surface area contributed by atoms with Gasteiger partial charge < -0.3 is 18.9 Å². The number of aromatic nitrogens is 2. The van der Waals surface area contributed by atoms with Crippen LogP contribution in [0.15, 0.2) is 30.3 Å². The summed E-state index contributed by atoms with van der Waals surface area (Å²) >= 11 is 0. The lowest BCUT2D eigenvalue weighted by molar-refractivity contribution is -0.165. The minimum absolute atomic E-state index is 0.125. The summed E-state index contributed by atoms with van der Waals surface area (Å²) in [6, 6.07) is 9.43. The molecular formula is C23H33N3O5. The minimum atomic E-state index is -0.515. The second kappa shape index (κ2) is 10.6. The van der Waals surface area contributed by atoms with E-state index in [9.17, 15) is 4.79 Å². The molecule has 31 heavy (non-hydrogen) atoms. The van der Waals surface area contributed by atoms with E-state index < -0.39 is 6.09 Å². The number of anilines is 1. The van der Waals surface area contributed by atoms with Crippen molar-refractivity contribution >= 4 is 11.9 Å². The maximum atomic E-state index is 12.0. The molecule has 1 amide bonds. The SMILES string of the molecule is CCOC(=O)Nc1cc(C(C)(C)C)nn1-c1cccc(OCCOC2CCCCO2)c1. The van der Waals surface area contributed by atoms with Crippen molar-refractivity contribution in [3.05, 3.63) is 36.0 Å². The Hall–Kier alpha value is -2.58. The number of rotatable bonds is 8. The van der Waals surface area contributed by atoms with Crippen LogP contribution in [0.25, 0.3) is 5.69 Å². The van der Waals surface area contributed by atoms with Crippen LogP contribution in [0.4, 0.5) is 10.6 Å². The molecule has 1 saturated heterocycles. The number of hydrogen-bond donors (Lipinski definition) is 1. The molecule has 1 aromatic carbocycles. The van der Waals surface area contributed by atoms with Gasteiger partial charge >= 0.3 is 6.09 Å². The number of hydrogen-bond acceptors (Lipinski definition) is 6. The summed E-state index contributed by atoms with van der Waals surface area (Å²) in [5, 5.41) is 7.49. The average molecular weight is 432 g/mol. The van der Waals surface area contributed by atoms with Crippen molar-refractivity contribution in [3.8, 4) is 11.4 Å². The smallest absolute Gasteiger partial charge is 0.412 e. The molecule has 8 nitrogen and oxygen atoms in total. The van der Waals surface area contributed by atoms with E-state index >= 15 is 0 Å². The van der Waals surface area contributed by atoms with Gasteiger partial charge in [0.25, 0.3) is 0 Å². The van der Waals surface area contributed by atoms with Gasteiger partial charge in [-0.05, 0) is 38.3 Å². The summed E-state index contributed by atoms with van der Waals surface area (Å²) in [5.41, 5.74) is 1.45. The van der Waals surface area contributed by atoms with Crippen LogP contribution in [0.3, 0.4) is 0 Å². The molecule has 2 heterocycles. The van der Waals surface area contributed by atoms with Crippen LogP contribution in [0.1, 0.15) is 52.7 Å². The molecule has 170 valence electrons. The third-order valence-electron chi connectivity index (χ3n) is 4.84. The van der Waals surface area contributed by atoms with Crippen molar-refractivity contribution in [3.63, 3.8) is 0 Å². The van der Waals surface area contributed by atoms with E-state index in [1.54, 1.807) is 11.6 Å². The topological polar surface area (TPSA) is 83.8 Å². The molecule has 1 unspecified atom stereocenters. The zero-order valence-electron chi connectivity index (χ0n) is 18.8. The normalized spacial score (nSPS) is 16.7. The Morgan fingerprint density at radius 1 is 1.26 bits per heavy atom. The standard InChI is InChI=1S/C23H33N3O5/c1-5-28-22(27)24-20-16-19(23(2,3)4)25-26(20)17-9-8-10-18(15-17)29-13-14-31-21-11-6-7-12-30-21/h8-10,15-16,21H,5-7,11-14H2,1-4H3,(H,24,27).